The molecule has 0 radical (unpaired) electrons. The minimum atomic E-state index is 0.140. The van der Waals surface area contributed by atoms with Gasteiger partial charge < -0.3 is 20.5 Å². The fourth-order valence-corrected chi connectivity index (χ4v) is 0.974. The van der Waals surface area contributed by atoms with Gasteiger partial charge in [0.25, 0.3) is 0 Å². The van der Waals surface area contributed by atoms with Gasteiger partial charge in [-0.2, -0.15) is 15.0 Å². The van der Waals surface area contributed by atoms with Crippen LogP contribution in [0.5, 0.6) is 6.01 Å². The molecule has 7 heteroatoms. The van der Waals surface area contributed by atoms with Crippen molar-refractivity contribution in [2.75, 3.05) is 37.9 Å². The van der Waals surface area contributed by atoms with E-state index in [4.69, 9.17) is 15.2 Å². The smallest absolute Gasteiger partial charge is 0.323 e. The maximum atomic E-state index is 5.52. The molecular formula is C9H17N5O2. The van der Waals surface area contributed by atoms with E-state index < -0.39 is 0 Å². The fourth-order valence-electron chi connectivity index (χ4n) is 0.974. The van der Waals surface area contributed by atoms with Crippen molar-refractivity contribution in [3.63, 3.8) is 0 Å². The Morgan fingerprint density at radius 2 is 2.06 bits per heavy atom. The van der Waals surface area contributed by atoms with Crippen LogP contribution in [0.3, 0.4) is 0 Å². The van der Waals surface area contributed by atoms with E-state index in [2.05, 4.69) is 20.3 Å². The van der Waals surface area contributed by atoms with Gasteiger partial charge in [-0.05, 0) is 6.42 Å². The Bertz CT molecular complexity index is 321. The monoisotopic (exact) mass is 227 g/mol. The maximum absolute atomic E-state index is 5.52. The van der Waals surface area contributed by atoms with E-state index in [9.17, 15) is 0 Å². The summed E-state index contributed by atoms with van der Waals surface area (Å²) in [6, 6.07) is 0.245. The van der Waals surface area contributed by atoms with Gasteiger partial charge in [0, 0.05) is 13.7 Å². The van der Waals surface area contributed by atoms with Crippen molar-refractivity contribution in [3.05, 3.63) is 0 Å². The van der Waals surface area contributed by atoms with Crippen LogP contribution in [0.4, 0.5) is 11.9 Å². The lowest BCUT2D eigenvalue weighted by atomic mass is 10.5. The number of rotatable bonds is 7. The lowest BCUT2D eigenvalue weighted by Gasteiger charge is -2.07. The van der Waals surface area contributed by atoms with Gasteiger partial charge in [0.05, 0.1) is 13.2 Å². The topological polar surface area (TPSA) is 95.2 Å². The molecule has 7 nitrogen and oxygen atoms in total. The molecular weight excluding hydrogens is 210 g/mol. The number of hydrogen-bond donors (Lipinski definition) is 2. The van der Waals surface area contributed by atoms with Gasteiger partial charge in [-0.25, -0.2) is 0 Å². The summed E-state index contributed by atoms with van der Waals surface area (Å²) in [6.07, 6.45) is 0.887. The van der Waals surface area contributed by atoms with Crippen LogP contribution in [-0.2, 0) is 4.74 Å². The number of nitrogens with one attached hydrogen (secondary N) is 1. The van der Waals surface area contributed by atoms with E-state index in [0.717, 1.165) is 6.42 Å². The highest BCUT2D eigenvalue weighted by Crippen LogP contribution is 2.08. The number of methoxy groups -OCH3 is 1. The van der Waals surface area contributed by atoms with Crippen molar-refractivity contribution in [2.24, 2.45) is 0 Å². The molecule has 0 aliphatic carbocycles. The summed E-state index contributed by atoms with van der Waals surface area (Å²) in [4.78, 5) is 11.8. The Hall–Kier alpha value is -1.63. The highest BCUT2D eigenvalue weighted by Gasteiger charge is 2.04. The molecule has 1 rings (SSSR count). The largest absolute Gasteiger partial charge is 0.463 e. The molecule has 16 heavy (non-hydrogen) atoms. The van der Waals surface area contributed by atoms with Crippen LogP contribution in [-0.4, -0.2) is 41.8 Å². The molecule has 0 saturated heterocycles. The maximum Gasteiger partial charge on any atom is 0.323 e. The number of hydrogen-bond acceptors (Lipinski definition) is 7. The van der Waals surface area contributed by atoms with Crippen molar-refractivity contribution >= 4 is 11.9 Å². The fraction of sp³-hybridized carbons (Fsp3) is 0.667. The number of ether oxygens (including phenoxy) is 2. The Kier molecular flexibility index (Phi) is 5.27. The highest BCUT2D eigenvalue weighted by molar-refractivity contribution is 5.32. The summed E-state index contributed by atoms with van der Waals surface area (Å²) >= 11 is 0. The SMILES string of the molecule is CCCOc1nc(N)nc(NCCOC)n1. The summed E-state index contributed by atoms with van der Waals surface area (Å²) in [5, 5.41) is 2.96. The quantitative estimate of drug-likeness (QED) is 0.647. The van der Waals surface area contributed by atoms with Crippen LogP contribution in [0.25, 0.3) is 0 Å². The molecule has 1 aromatic rings. The van der Waals surface area contributed by atoms with Gasteiger partial charge in [0.1, 0.15) is 0 Å². The van der Waals surface area contributed by atoms with Crippen LogP contribution < -0.4 is 15.8 Å². The Balaban J connectivity index is 2.58. The van der Waals surface area contributed by atoms with Crippen molar-refractivity contribution in [2.45, 2.75) is 13.3 Å². The third-order valence-electron chi connectivity index (χ3n) is 1.66. The van der Waals surface area contributed by atoms with E-state index in [1.165, 1.54) is 0 Å². The van der Waals surface area contributed by atoms with Gasteiger partial charge >= 0.3 is 6.01 Å². The number of aromatic nitrogens is 3. The molecule has 0 saturated carbocycles. The van der Waals surface area contributed by atoms with Gasteiger partial charge in [-0.1, -0.05) is 6.92 Å². The molecule has 90 valence electrons. The Morgan fingerprint density at radius 1 is 1.25 bits per heavy atom. The van der Waals surface area contributed by atoms with Crippen molar-refractivity contribution in [3.8, 4) is 6.01 Å². The zero-order chi connectivity index (χ0) is 11.8. The first-order valence-corrected chi connectivity index (χ1v) is 5.13. The number of anilines is 2. The standard InChI is InChI=1S/C9H17N5O2/c1-3-5-16-9-13-7(10)12-8(14-9)11-4-6-15-2/h3-6H2,1-2H3,(H3,10,11,12,13,14). The molecule has 0 bridgehead atoms. The molecule has 0 spiro atoms. The minimum absolute atomic E-state index is 0.140. The average Bonchev–Trinajstić information content (AvgIpc) is 2.26. The molecule has 0 aliphatic heterocycles. The third kappa shape index (κ3) is 4.26. The van der Waals surface area contributed by atoms with Crippen LogP contribution in [0.15, 0.2) is 0 Å². The second kappa shape index (κ2) is 6.78. The molecule has 0 atom stereocenters. The van der Waals surface area contributed by atoms with Crippen molar-refractivity contribution < 1.29 is 9.47 Å². The van der Waals surface area contributed by atoms with Crippen molar-refractivity contribution in [1.29, 1.82) is 0 Å². The number of nitrogens with two attached hydrogens (primary N) is 1. The first-order valence-electron chi connectivity index (χ1n) is 5.13. The minimum Gasteiger partial charge on any atom is -0.463 e. The van der Waals surface area contributed by atoms with Gasteiger partial charge in [0.15, 0.2) is 0 Å². The molecule has 1 heterocycles. The van der Waals surface area contributed by atoms with E-state index in [1.807, 2.05) is 6.92 Å². The van der Waals surface area contributed by atoms with E-state index >= 15 is 0 Å². The Morgan fingerprint density at radius 3 is 2.75 bits per heavy atom. The second-order valence-electron chi connectivity index (χ2n) is 3.07. The zero-order valence-corrected chi connectivity index (χ0v) is 9.56. The molecule has 3 N–H and O–H groups in total. The lowest BCUT2D eigenvalue weighted by molar-refractivity contribution is 0.210. The Labute approximate surface area is 94.4 Å². The van der Waals surface area contributed by atoms with Crippen molar-refractivity contribution in [1.82, 2.24) is 15.0 Å². The van der Waals surface area contributed by atoms with E-state index in [1.54, 1.807) is 7.11 Å². The lowest BCUT2D eigenvalue weighted by Crippen LogP contribution is -2.13. The second-order valence-corrected chi connectivity index (χ2v) is 3.07. The first kappa shape index (κ1) is 12.4. The average molecular weight is 227 g/mol. The molecule has 0 aliphatic rings. The van der Waals surface area contributed by atoms with Crippen LogP contribution in [0.1, 0.15) is 13.3 Å². The molecule has 0 aromatic carbocycles. The zero-order valence-electron chi connectivity index (χ0n) is 9.56. The predicted molar refractivity (Wildman–Crippen MR) is 60.4 cm³/mol. The van der Waals surface area contributed by atoms with Gasteiger partial charge in [0.2, 0.25) is 11.9 Å². The summed E-state index contributed by atoms with van der Waals surface area (Å²) in [5.74, 6) is 0.539. The summed E-state index contributed by atoms with van der Waals surface area (Å²) in [7, 11) is 1.62. The highest BCUT2D eigenvalue weighted by atomic mass is 16.5. The summed E-state index contributed by atoms with van der Waals surface area (Å²) < 4.78 is 10.2. The molecule has 0 amide bonds. The third-order valence-corrected chi connectivity index (χ3v) is 1.66. The normalized spacial score (nSPS) is 10.1. The van der Waals surface area contributed by atoms with Gasteiger partial charge in [-0.15, -0.1) is 0 Å². The molecule has 1 aromatic heterocycles. The van der Waals surface area contributed by atoms with E-state index in [0.29, 0.717) is 25.7 Å². The number of nitrogen functional groups attached to an aromatic ring is 1. The number of nitrogens with zero attached hydrogens (tertiary/aromatic N) is 3. The van der Waals surface area contributed by atoms with Crippen LogP contribution in [0, 0.1) is 0 Å². The van der Waals surface area contributed by atoms with Crippen LogP contribution in [0.2, 0.25) is 0 Å². The van der Waals surface area contributed by atoms with Crippen LogP contribution >= 0.6 is 0 Å². The van der Waals surface area contributed by atoms with Gasteiger partial charge in [-0.3, -0.25) is 0 Å². The summed E-state index contributed by atoms with van der Waals surface area (Å²) in [5.41, 5.74) is 5.52. The molecule has 0 fully saturated rings. The first-order chi connectivity index (χ1) is 7.76. The molecule has 0 unspecified atom stereocenters. The predicted octanol–water partition coefficient (Wildman–Crippen LogP) is 0.301. The summed E-state index contributed by atoms with van der Waals surface area (Å²) in [6.45, 7) is 3.73. The van der Waals surface area contributed by atoms with E-state index in [-0.39, 0.29) is 12.0 Å².